The van der Waals surface area contributed by atoms with Gasteiger partial charge in [-0.25, -0.2) is 9.78 Å². The molecule has 4 heterocycles. The predicted molar refractivity (Wildman–Crippen MR) is 91.0 cm³/mol. The summed E-state index contributed by atoms with van der Waals surface area (Å²) >= 11 is 7.38. The van der Waals surface area contributed by atoms with Crippen LogP contribution in [0, 0.1) is 0 Å². The summed E-state index contributed by atoms with van der Waals surface area (Å²) in [6.07, 6.45) is 4.32. The Labute approximate surface area is 148 Å². The van der Waals surface area contributed by atoms with Crippen molar-refractivity contribution in [3.8, 4) is 0 Å². The Hall–Kier alpha value is -1.67. The topological polar surface area (TPSA) is 73.1 Å². The normalized spacial score (nSPS) is 20.2. The Morgan fingerprint density at radius 3 is 3.04 bits per heavy atom. The quantitative estimate of drug-likeness (QED) is 0.776. The van der Waals surface area contributed by atoms with Crippen LogP contribution < -0.4 is 4.90 Å². The third kappa shape index (κ3) is 2.67. The van der Waals surface area contributed by atoms with Crippen LogP contribution in [0.1, 0.15) is 46.5 Å². The van der Waals surface area contributed by atoms with Crippen molar-refractivity contribution < 1.29 is 9.53 Å². The van der Waals surface area contributed by atoms with Crippen molar-refractivity contribution in [2.75, 3.05) is 25.1 Å². The lowest BCUT2D eigenvalue weighted by Gasteiger charge is -2.32. The summed E-state index contributed by atoms with van der Waals surface area (Å²) < 4.78 is 7.02. The Morgan fingerprint density at radius 2 is 2.21 bits per heavy atom. The molecule has 1 saturated heterocycles. The molecular formula is C15H18ClN5O2S. The molecule has 0 aromatic carbocycles. The standard InChI is InChI=1S/C15H18ClN5O2S/c1-23-14(22)11-12(16)17-15(24-11)20-6-2-4-9(8-20)13-19-18-10-5-3-7-21(10)13/h9H,2-8H2,1H3. The van der Waals surface area contributed by atoms with Gasteiger partial charge in [0.25, 0.3) is 0 Å². The first-order chi connectivity index (χ1) is 11.7. The minimum absolute atomic E-state index is 0.215. The van der Waals surface area contributed by atoms with Gasteiger partial charge in [-0.05, 0) is 19.3 Å². The number of carbonyl (C=O) groups excluding carboxylic acids is 1. The Kier molecular flexibility index (Phi) is 4.17. The number of esters is 1. The van der Waals surface area contributed by atoms with Gasteiger partial charge in [0.2, 0.25) is 0 Å². The molecule has 4 rings (SSSR count). The van der Waals surface area contributed by atoms with Gasteiger partial charge in [0.15, 0.2) is 15.2 Å². The summed E-state index contributed by atoms with van der Waals surface area (Å²) in [6, 6.07) is 0. The predicted octanol–water partition coefficient (Wildman–Crippen LogP) is 2.50. The van der Waals surface area contributed by atoms with E-state index in [2.05, 4.69) is 24.6 Å². The molecule has 2 aromatic rings. The third-order valence-corrected chi connectivity index (χ3v) is 6.12. The van der Waals surface area contributed by atoms with E-state index in [1.807, 2.05) is 0 Å². The van der Waals surface area contributed by atoms with E-state index in [9.17, 15) is 4.79 Å². The second-order valence-corrected chi connectivity index (χ2v) is 7.46. The van der Waals surface area contributed by atoms with Gasteiger partial charge >= 0.3 is 5.97 Å². The number of nitrogens with zero attached hydrogens (tertiary/aromatic N) is 5. The van der Waals surface area contributed by atoms with Gasteiger partial charge < -0.3 is 14.2 Å². The summed E-state index contributed by atoms with van der Waals surface area (Å²) in [6.45, 7) is 2.74. The van der Waals surface area contributed by atoms with E-state index < -0.39 is 5.97 Å². The first-order valence-corrected chi connectivity index (χ1v) is 9.28. The second-order valence-electron chi connectivity index (χ2n) is 6.12. The fraction of sp³-hybridized carbons (Fsp3) is 0.600. The molecular weight excluding hydrogens is 350 g/mol. The number of rotatable bonds is 3. The lowest BCUT2D eigenvalue weighted by Crippen LogP contribution is -2.35. The van der Waals surface area contributed by atoms with E-state index in [4.69, 9.17) is 16.3 Å². The molecule has 2 aromatic heterocycles. The zero-order valence-electron chi connectivity index (χ0n) is 13.4. The molecule has 9 heteroatoms. The highest BCUT2D eigenvalue weighted by Gasteiger charge is 2.30. The highest BCUT2D eigenvalue weighted by atomic mass is 35.5. The number of halogens is 1. The van der Waals surface area contributed by atoms with Crippen LogP contribution in [0.25, 0.3) is 0 Å². The largest absolute Gasteiger partial charge is 0.465 e. The van der Waals surface area contributed by atoms with Crippen LogP contribution in [0.5, 0.6) is 0 Å². The fourth-order valence-electron chi connectivity index (χ4n) is 3.48. The van der Waals surface area contributed by atoms with Crippen molar-refractivity contribution in [3.05, 3.63) is 21.7 Å². The van der Waals surface area contributed by atoms with Crippen LogP contribution >= 0.6 is 22.9 Å². The molecule has 7 nitrogen and oxygen atoms in total. The lowest BCUT2D eigenvalue weighted by molar-refractivity contribution is 0.0606. The SMILES string of the molecule is COC(=O)c1sc(N2CCCC(c3nnc4n3CCC4)C2)nc1Cl. The maximum atomic E-state index is 11.7. The Balaban J connectivity index is 1.56. The van der Waals surface area contributed by atoms with Crippen LogP contribution in [-0.4, -0.2) is 45.9 Å². The van der Waals surface area contributed by atoms with Crippen LogP contribution in [0.15, 0.2) is 0 Å². The molecule has 0 radical (unpaired) electrons. The number of anilines is 1. The second kappa shape index (κ2) is 6.33. The maximum absolute atomic E-state index is 11.7. The van der Waals surface area contributed by atoms with Crippen LogP contribution in [0.2, 0.25) is 5.15 Å². The molecule has 2 aliphatic rings. The molecule has 24 heavy (non-hydrogen) atoms. The summed E-state index contributed by atoms with van der Waals surface area (Å²) in [5.74, 6) is 2.09. The number of hydrogen-bond donors (Lipinski definition) is 0. The summed E-state index contributed by atoms with van der Waals surface area (Å²) in [7, 11) is 1.35. The average Bonchev–Trinajstić information content (AvgIpc) is 3.29. The van der Waals surface area contributed by atoms with Gasteiger partial charge in [-0.3, -0.25) is 0 Å². The molecule has 128 valence electrons. The Bertz CT molecular complexity index is 774. The van der Waals surface area contributed by atoms with Gasteiger partial charge in [-0.15, -0.1) is 10.2 Å². The first-order valence-electron chi connectivity index (χ1n) is 8.09. The molecule has 1 unspecified atom stereocenters. The van der Waals surface area contributed by atoms with Crippen molar-refractivity contribution in [2.24, 2.45) is 0 Å². The highest BCUT2D eigenvalue weighted by Crippen LogP contribution is 2.35. The molecule has 0 bridgehead atoms. The molecule has 0 amide bonds. The monoisotopic (exact) mass is 367 g/mol. The van der Waals surface area contributed by atoms with Crippen molar-refractivity contribution in [1.82, 2.24) is 19.7 Å². The molecule has 0 spiro atoms. The molecule has 1 atom stereocenters. The minimum Gasteiger partial charge on any atom is -0.465 e. The van der Waals surface area contributed by atoms with E-state index in [-0.39, 0.29) is 5.15 Å². The van der Waals surface area contributed by atoms with E-state index in [1.54, 1.807) is 0 Å². The maximum Gasteiger partial charge on any atom is 0.351 e. The first kappa shape index (κ1) is 15.8. The molecule has 0 N–H and O–H groups in total. The van der Waals surface area contributed by atoms with Gasteiger partial charge in [0.1, 0.15) is 11.6 Å². The number of piperidine rings is 1. The van der Waals surface area contributed by atoms with Crippen LogP contribution in [0.4, 0.5) is 5.13 Å². The number of aromatic nitrogens is 4. The molecule has 1 fully saturated rings. The number of hydrogen-bond acceptors (Lipinski definition) is 7. The number of ether oxygens (including phenoxy) is 1. The number of thiazole rings is 1. The van der Waals surface area contributed by atoms with E-state index in [0.29, 0.717) is 10.8 Å². The van der Waals surface area contributed by atoms with Crippen molar-refractivity contribution >= 4 is 34.0 Å². The van der Waals surface area contributed by atoms with Crippen molar-refractivity contribution in [1.29, 1.82) is 0 Å². The van der Waals surface area contributed by atoms with E-state index in [0.717, 1.165) is 62.1 Å². The highest BCUT2D eigenvalue weighted by molar-refractivity contribution is 7.18. The van der Waals surface area contributed by atoms with E-state index >= 15 is 0 Å². The van der Waals surface area contributed by atoms with Crippen molar-refractivity contribution in [3.63, 3.8) is 0 Å². The molecule has 2 aliphatic heterocycles. The summed E-state index contributed by atoms with van der Waals surface area (Å²) in [5, 5.41) is 9.73. The summed E-state index contributed by atoms with van der Waals surface area (Å²) in [4.78, 5) is 18.6. The van der Waals surface area contributed by atoms with Crippen LogP contribution in [0.3, 0.4) is 0 Å². The molecule has 0 aliphatic carbocycles. The minimum atomic E-state index is -0.437. The van der Waals surface area contributed by atoms with E-state index in [1.165, 1.54) is 18.4 Å². The average molecular weight is 368 g/mol. The van der Waals surface area contributed by atoms with Gasteiger partial charge in [0.05, 0.1) is 7.11 Å². The fourth-order valence-corrected chi connectivity index (χ4v) is 4.72. The zero-order chi connectivity index (χ0) is 16.7. The summed E-state index contributed by atoms with van der Waals surface area (Å²) in [5.41, 5.74) is 0. The van der Waals surface area contributed by atoms with Gasteiger partial charge in [-0.2, -0.15) is 0 Å². The number of carbonyl (C=O) groups is 1. The van der Waals surface area contributed by atoms with Crippen molar-refractivity contribution in [2.45, 2.75) is 38.1 Å². The lowest BCUT2D eigenvalue weighted by atomic mass is 9.97. The zero-order valence-corrected chi connectivity index (χ0v) is 14.9. The Morgan fingerprint density at radius 1 is 1.33 bits per heavy atom. The van der Waals surface area contributed by atoms with Gasteiger partial charge in [-0.1, -0.05) is 22.9 Å². The number of methoxy groups -OCH3 is 1. The smallest absolute Gasteiger partial charge is 0.351 e. The number of fused-ring (bicyclic) bond motifs is 1. The molecule has 0 saturated carbocycles. The van der Waals surface area contributed by atoms with Gasteiger partial charge in [0, 0.05) is 32.0 Å². The van der Waals surface area contributed by atoms with Crippen LogP contribution in [-0.2, 0) is 17.7 Å². The third-order valence-electron chi connectivity index (χ3n) is 4.64. The number of aryl methyl sites for hydroxylation is 1.